The lowest BCUT2D eigenvalue weighted by Gasteiger charge is -2.03. The van der Waals surface area contributed by atoms with Crippen LogP contribution in [0, 0.1) is 13.8 Å². The SMILES string of the molecule is CNCCc1c(Br)n2c3cc(C)c(C)cc3nc2n1C. The minimum atomic E-state index is 0.954. The molecule has 2 aromatic heterocycles. The average molecular weight is 335 g/mol. The predicted octanol–water partition coefficient (Wildman–Crippen LogP) is 2.97. The summed E-state index contributed by atoms with van der Waals surface area (Å²) < 4.78 is 5.48. The van der Waals surface area contributed by atoms with Crippen LogP contribution in [0.3, 0.4) is 0 Å². The summed E-state index contributed by atoms with van der Waals surface area (Å²) in [4.78, 5) is 4.78. The summed E-state index contributed by atoms with van der Waals surface area (Å²) in [6.07, 6.45) is 0.975. The van der Waals surface area contributed by atoms with Crippen LogP contribution in [-0.2, 0) is 13.5 Å². The Balaban J connectivity index is 2.31. The molecule has 1 N–H and O–H groups in total. The monoisotopic (exact) mass is 334 g/mol. The summed E-state index contributed by atoms with van der Waals surface area (Å²) in [7, 11) is 4.06. The van der Waals surface area contributed by atoms with Crippen molar-refractivity contribution in [3.8, 4) is 0 Å². The van der Waals surface area contributed by atoms with Gasteiger partial charge in [-0.05, 0) is 60.1 Å². The number of aryl methyl sites for hydroxylation is 3. The van der Waals surface area contributed by atoms with E-state index in [9.17, 15) is 0 Å². The maximum Gasteiger partial charge on any atom is 0.215 e. The largest absolute Gasteiger partial charge is 0.319 e. The fourth-order valence-electron chi connectivity index (χ4n) is 2.64. The van der Waals surface area contributed by atoms with E-state index in [1.54, 1.807) is 0 Å². The number of fused-ring (bicyclic) bond motifs is 3. The molecule has 0 atom stereocenters. The zero-order valence-corrected chi connectivity index (χ0v) is 13.9. The van der Waals surface area contributed by atoms with Gasteiger partial charge in [-0.2, -0.15) is 0 Å². The molecule has 0 radical (unpaired) electrons. The summed E-state index contributed by atoms with van der Waals surface area (Å²) >= 11 is 3.75. The van der Waals surface area contributed by atoms with Gasteiger partial charge >= 0.3 is 0 Å². The molecule has 106 valence electrons. The average Bonchev–Trinajstić information content (AvgIpc) is 2.87. The van der Waals surface area contributed by atoms with Gasteiger partial charge < -0.3 is 9.88 Å². The molecule has 0 aliphatic rings. The summed E-state index contributed by atoms with van der Waals surface area (Å²) in [5.74, 6) is 0.989. The zero-order chi connectivity index (χ0) is 14.4. The minimum Gasteiger partial charge on any atom is -0.319 e. The molecule has 5 heteroatoms. The Kier molecular flexibility index (Phi) is 3.34. The number of likely N-dealkylation sites (N-methyl/N-ethyl adjacent to an activating group) is 1. The van der Waals surface area contributed by atoms with Gasteiger partial charge in [0.1, 0.15) is 4.60 Å². The number of rotatable bonds is 3. The highest BCUT2D eigenvalue weighted by Gasteiger charge is 2.17. The second kappa shape index (κ2) is 4.90. The molecule has 0 unspecified atom stereocenters. The predicted molar refractivity (Wildman–Crippen MR) is 86.5 cm³/mol. The molecule has 0 fully saturated rings. The summed E-state index contributed by atoms with van der Waals surface area (Å²) in [6.45, 7) is 5.23. The van der Waals surface area contributed by atoms with E-state index in [1.807, 2.05) is 7.05 Å². The van der Waals surface area contributed by atoms with Crippen molar-refractivity contribution in [2.24, 2.45) is 7.05 Å². The fraction of sp³-hybridized carbons (Fsp3) is 0.400. The Morgan fingerprint density at radius 1 is 1.25 bits per heavy atom. The third-order valence-electron chi connectivity index (χ3n) is 4.00. The number of aromatic nitrogens is 3. The van der Waals surface area contributed by atoms with Crippen LogP contribution in [0.4, 0.5) is 0 Å². The lowest BCUT2D eigenvalue weighted by Crippen LogP contribution is -2.12. The van der Waals surface area contributed by atoms with Crippen LogP contribution in [0.5, 0.6) is 0 Å². The molecule has 4 nitrogen and oxygen atoms in total. The number of halogens is 1. The Morgan fingerprint density at radius 2 is 1.95 bits per heavy atom. The van der Waals surface area contributed by atoms with Gasteiger partial charge in [-0.25, -0.2) is 4.98 Å². The van der Waals surface area contributed by atoms with Crippen LogP contribution in [-0.4, -0.2) is 27.5 Å². The van der Waals surface area contributed by atoms with Gasteiger partial charge in [0.25, 0.3) is 0 Å². The molecule has 3 aromatic rings. The van der Waals surface area contributed by atoms with Crippen molar-refractivity contribution >= 4 is 32.7 Å². The maximum atomic E-state index is 4.78. The van der Waals surface area contributed by atoms with Gasteiger partial charge in [-0.3, -0.25) is 4.40 Å². The van der Waals surface area contributed by atoms with Gasteiger partial charge in [0.2, 0.25) is 5.78 Å². The third-order valence-corrected chi connectivity index (χ3v) is 4.82. The van der Waals surface area contributed by atoms with Crippen molar-refractivity contribution in [1.29, 1.82) is 0 Å². The second-order valence-electron chi connectivity index (χ2n) is 5.32. The van der Waals surface area contributed by atoms with Crippen molar-refractivity contribution in [3.05, 3.63) is 33.6 Å². The molecule has 0 aliphatic heterocycles. The Morgan fingerprint density at radius 3 is 2.65 bits per heavy atom. The van der Waals surface area contributed by atoms with E-state index < -0.39 is 0 Å². The molecule has 20 heavy (non-hydrogen) atoms. The minimum absolute atomic E-state index is 0.954. The highest BCUT2D eigenvalue weighted by atomic mass is 79.9. The maximum absolute atomic E-state index is 4.78. The normalized spacial score (nSPS) is 11.8. The lowest BCUT2D eigenvalue weighted by molar-refractivity contribution is 0.741. The topological polar surface area (TPSA) is 34.3 Å². The van der Waals surface area contributed by atoms with Gasteiger partial charge in [0.05, 0.1) is 16.7 Å². The van der Waals surface area contributed by atoms with Gasteiger partial charge in [0.15, 0.2) is 0 Å². The van der Waals surface area contributed by atoms with E-state index in [0.717, 1.165) is 28.9 Å². The summed E-state index contributed by atoms with van der Waals surface area (Å²) in [6, 6.07) is 4.38. The van der Waals surface area contributed by atoms with Crippen LogP contribution < -0.4 is 5.32 Å². The summed E-state index contributed by atoms with van der Waals surface area (Å²) in [5.41, 5.74) is 6.07. The highest BCUT2D eigenvalue weighted by molar-refractivity contribution is 9.10. The van der Waals surface area contributed by atoms with Crippen LogP contribution in [0.15, 0.2) is 16.7 Å². The fourth-order valence-corrected chi connectivity index (χ4v) is 3.45. The van der Waals surface area contributed by atoms with Crippen LogP contribution in [0.2, 0.25) is 0 Å². The number of nitrogens with one attached hydrogen (secondary N) is 1. The van der Waals surface area contributed by atoms with Crippen molar-refractivity contribution < 1.29 is 0 Å². The number of imidazole rings is 2. The van der Waals surface area contributed by atoms with Gasteiger partial charge in [-0.15, -0.1) is 0 Å². The molecule has 0 aliphatic carbocycles. The zero-order valence-electron chi connectivity index (χ0n) is 12.3. The molecule has 0 amide bonds. The Bertz CT molecular complexity index is 798. The molecule has 0 saturated heterocycles. The highest BCUT2D eigenvalue weighted by Crippen LogP contribution is 2.28. The van der Waals surface area contributed by atoms with Crippen LogP contribution in [0.25, 0.3) is 16.8 Å². The molecule has 0 bridgehead atoms. The standard InChI is InChI=1S/C15H19BrN4/c1-9-7-11-13(8-10(9)2)20-14(16)12(5-6-17-3)19(4)15(20)18-11/h7-8,17H,5-6H2,1-4H3. The first-order valence-corrected chi connectivity index (χ1v) is 7.61. The van der Waals surface area contributed by atoms with E-state index in [2.05, 4.69) is 63.2 Å². The first-order chi connectivity index (χ1) is 9.54. The van der Waals surface area contributed by atoms with Crippen molar-refractivity contribution in [2.75, 3.05) is 13.6 Å². The van der Waals surface area contributed by atoms with Gasteiger partial charge in [0, 0.05) is 20.0 Å². The third kappa shape index (κ3) is 1.88. The van der Waals surface area contributed by atoms with Crippen LogP contribution >= 0.6 is 15.9 Å². The quantitative estimate of drug-likeness (QED) is 0.799. The first kappa shape index (κ1) is 13.6. The molecule has 1 aromatic carbocycles. The number of benzene rings is 1. The Hall–Kier alpha value is -1.33. The smallest absolute Gasteiger partial charge is 0.215 e. The van der Waals surface area contributed by atoms with E-state index in [1.165, 1.54) is 22.3 Å². The number of hydrogen-bond acceptors (Lipinski definition) is 2. The van der Waals surface area contributed by atoms with Crippen molar-refractivity contribution in [1.82, 2.24) is 19.3 Å². The first-order valence-electron chi connectivity index (χ1n) is 6.81. The number of nitrogens with zero attached hydrogens (tertiary/aromatic N) is 3. The molecular weight excluding hydrogens is 316 g/mol. The van der Waals surface area contributed by atoms with Gasteiger partial charge in [-0.1, -0.05) is 0 Å². The molecular formula is C15H19BrN4. The molecule has 0 spiro atoms. The summed E-state index contributed by atoms with van der Waals surface area (Å²) in [5, 5.41) is 3.20. The Labute approximate surface area is 126 Å². The van der Waals surface area contributed by atoms with E-state index in [-0.39, 0.29) is 0 Å². The van der Waals surface area contributed by atoms with E-state index >= 15 is 0 Å². The molecule has 0 saturated carbocycles. The van der Waals surface area contributed by atoms with E-state index in [0.29, 0.717) is 0 Å². The van der Waals surface area contributed by atoms with Crippen molar-refractivity contribution in [2.45, 2.75) is 20.3 Å². The van der Waals surface area contributed by atoms with E-state index in [4.69, 9.17) is 4.98 Å². The second-order valence-corrected chi connectivity index (χ2v) is 6.07. The number of hydrogen-bond donors (Lipinski definition) is 1. The van der Waals surface area contributed by atoms with Crippen molar-refractivity contribution in [3.63, 3.8) is 0 Å². The molecule has 3 rings (SSSR count). The molecule has 2 heterocycles. The lowest BCUT2D eigenvalue weighted by atomic mass is 10.1. The van der Waals surface area contributed by atoms with Crippen LogP contribution in [0.1, 0.15) is 16.8 Å².